The molecule has 1 aliphatic carbocycles. The number of nitrogens with one attached hydrogen (secondary N) is 1. The van der Waals surface area contributed by atoms with E-state index in [0.29, 0.717) is 16.8 Å². The van der Waals surface area contributed by atoms with Gasteiger partial charge in [0.1, 0.15) is 10.6 Å². The number of thiophene rings is 1. The van der Waals surface area contributed by atoms with Crippen molar-refractivity contribution in [3.63, 3.8) is 0 Å². The number of halogens is 1. The van der Waals surface area contributed by atoms with Crippen molar-refractivity contribution in [1.29, 1.82) is 0 Å². The number of hydrogen-bond acceptors (Lipinski definition) is 7. The average molecular weight is 400 g/mol. The molecular formula is C18H14ClN5S2. The summed E-state index contributed by atoms with van der Waals surface area (Å²) in [7, 11) is 0. The maximum atomic E-state index is 5.95. The number of rotatable bonds is 4. The SMILES string of the molecule is Clc1ncc(CNc2nc(-c3cccnc3)nc3sc4c(c23)CCC4)s1. The van der Waals surface area contributed by atoms with Gasteiger partial charge in [0.15, 0.2) is 10.3 Å². The van der Waals surface area contributed by atoms with Crippen LogP contribution in [-0.4, -0.2) is 19.9 Å². The molecule has 0 radical (unpaired) electrons. The first-order valence-electron chi connectivity index (χ1n) is 8.35. The van der Waals surface area contributed by atoms with Gasteiger partial charge in [0.25, 0.3) is 0 Å². The molecule has 5 rings (SSSR count). The van der Waals surface area contributed by atoms with Crippen LogP contribution in [0.4, 0.5) is 5.82 Å². The molecule has 5 nitrogen and oxygen atoms in total. The first kappa shape index (κ1) is 16.1. The topological polar surface area (TPSA) is 63.6 Å². The number of fused-ring (bicyclic) bond motifs is 3. The molecule has 0 spiro atoms. The third-order valence-corrected chi connectivity index (χ3v) is 6.74. The van der Waals surface area contributed by atoms with Gasteiger partial charge >= 0.3 is 0 Å². The summed E-state index contributed by atoms with van der Waals surface area (Å²) in [5, 5.41) is 4.66. The summed E-state index contributed by atoms with van der Waals surface area (Å²) in [4.78, 5) is 21.5. The molecule has 0 aliphatic heterocycles. The quantitative estimate of drug-likeness (QED) is 0.525. The molecule has 4 aromatic rings. The van der Waals surface area contributed by atoms with Crippen LogP contribution < -0.4 is 5.32 Å². The van der Waals surface area contributed by atoms with Crippen molar-refractivity contribution in [1.82, 2.24) is 19.9 Å². The van der Waals surface area contributed by atoms with E-state index in [0.717, 1.165) is 33.9 Å². The van der Waals surface area contributed by atoms with Crippen molar-refractivity contribution < 1.29 is 0 Å². The molecule has 0 atom stereocenters. The van der Waals surface area contributed by atoms with E-state index in [1.165, 1.54) is 33.6 Å². The van der Waals surface area contributed by atoms with Crippen molar-refractivity contribution in [3.05, 3.63) is 50.5 Å². The van der Waals surface area contributed by atoms with Crippen LogP contribution in [0.2, 0.25) is 4.47 Å². The minimum Gasteiger partial charge on any atom is -0.364 e. The van der Waals surface area contributed by atoms with Gasteiger partial charge < -0.3 is 5.32 Å². The number of hydrogen-bond donors (Lipinski definition) is 1. The van der Waals surface area contributed by atoms with Crippen LogP contribution >= 0.6 is 34.3 Å². The van der Waals surface area contributed by atoms with Crippen molar-refractivity contribution in [2.75, 3.05) is 5.32 Å². The number of aromatic nitrogens is 4. The number of anilines is 1. The number of thiazole rings is 1. The van der Waals surface area contributed by atoms with Gasteiger partial charge in [-0.2, -0.15) is 0 Å². The summed E-state index contributed by atoms with van der Waals surface area (Å²) in [6, 6.07) is 3.89. The van der Waals surface area contributed by atoms with Crippen molar-refractivity contribution in [3.8, 4) is 11.4 Å². The fourth-order valence-electron chi connectivity index (χ4n) is 3.28. The van der Waals surface area contributed by atoms with Gasteiger partial charge in [-0.15, -0.1) is 22.7 Å². The average Bonchev–Trinajstić information content (AvgIpc) is 3.36. The van der Waals surface area contributed by atoms with E-state index in [4.69, 9.17) is 21.6 Å². The van der Waals surface area contributed by atoms with E-state index < -0.39 is 0 Å². The highest BCUT2D eigenvalue weighted by atomic mass is 35.5. The second-order valence-corrected chi connectivity index (χ2v) is 8.89. The predicted molar refractivity (Wildman–Crippen MR) is 107 cm³/mol. The van der Waals surface area contributed by atoms with Gasteiger partial charge in [-0.25, -0.2) is 15.0 Å². The van der Waals surface area contributed by atoms with Gasteiger partial charge in [0, 0.05) is 33.9 Å². The van der Waals surface area contributed by atoms with Crippen molar-refractivity contribution in [2.24, 2.45) is 0 Å². The Bertz CT molecular complexity index is 1090. The molecule has 0 aromatic carbocycles. The van der Waals surface area contributed by atoms with Crippen LogP contribution in [0.1, 0.15) is 21.7 Å². The summed E-state index contributed by atoms with van der Waals surface area (Å²) in [5.74, 6) is 1.59. The molecule has 0 unspecified atom stereocenters. The zero-order valence-electron chi connectivity index (χ0n) is 13.7. The molecule has 0 saturated carbocycles. The van der Waals surface area contributed by atoms with Crippen LogP contribution in [0.5, 0.6) is 0 Å². The first-order chi connectivity index (χ1) is 12.8. The number of aryl methyl sites for hydroxylation is 2. The molecule has 0 saturated heterocycles. The number of nitrogens with zero attached hydrogens (tertiary/aromatic N) is 4. The fraction of sp³-hybridized carbons (Fsp3) is 0.222. The monoisotopic (exact) mass is 399 g/mol. The molecule has 0 bridgehead atoms. The predicted octanol–water partition coefficient (Wildman–Crippen LogP) is 4.96. The normalized spacial score (nSPS) is 13.3. The highest BCUT2D eigenvalue weighted by molar-refractivity contribution is 7.19. The Kier molecular flexibility index (Phi) is 4.07. The molecule has 4 heterocycles. The van der Waals surface area contributed by atoms with Crippen LogP contribution in [-0.2, 0) is 19.4 Å². The molecule has 130 valence electrons. The summed E-state index contributed by atoms with van der Waals surface area (Å²) in [6.45, 7) is 0.646. The van der Waals surface area contributed by atoms with Crippen LogP contribution in [0.25, 0.3) is 21.6 Å². The minimum absolute atomic E-state index is 0.558. The minimum atomic E-state index is 0.558. The lowest BCUT2D eigenvalue weighted by molar-refractivity contribution is 0.917. The highest BCUT2D eigenvalue weighted by Gasteiger charge is 2.22. The highest BCUT2D eigenvalue weighted by Crippen LogP contribution is 2.40. The Morgan fingerprint density at radius 3 is 2.92 bits per heavy atom. The lowest BCUT2D eigenvalue weighted by Crippen LogP contribution is -2.03. The van der Waals surface area contributed by atoms with Gasteiger partial charge in [-0.05, 0) is 37.0 Å². The lowest BCUT2D eigenvalue weighted by atomic mass is 10.2. The third-order valence-electron chi connectivity index (χ3n) is 4.44. The lowest BCUT2D eigenvalue weighted by Gasteiger charge is -2.09. The van der Waals surface area contributed by atoms with Crippen LogP contribution in [0.3, 0.4) is 0 Å². The largest absolute Gasteiger partial charge is 0.364 e. The Hall–Kier alpha value is -2.09. The van der Waals surface area contributed by atoms with Crippen molar-refractivity contribution >= 4 is 50.3 Å². The molecule has 0 amide bonds. The molecule has 4 aromatic heterocycles. The Balaban J connectivity index is 1.61. The summed E-state index contributed by atoms with van der Waals surface area (Å²) < 4.78 is 0.558. The van der Waals surface area contributed by atoms with Gasteiger partial charge in [0.2, 0.25) is 0 Å². The summed E-state index contributed by atoms with van der Waals surface area (Å²) >= 11 is 9.22. The van der Waals surface area contributed by atoms with Crippen molar-refractivity contribution in [2.45, 2.75) is 25.8 Å². The zero-order valence-corrected chi connectivity index (χ0v) is 16.1. The van der Waals surface area contributed by atoms with Crippen LogP contribution in [0, 0.1) is 0 Å². The van der Waals surface area contributed by atoms with E-state index in [9.17, 15) is 0 Å². The van der Waals surface area contributed by atoms with Gasteiger partial charge in [-0.1, -0.05) is 11.6 Å². The van der Waals surface area contributed by atoms with E-state index in [2.05, 4.69) is 15.3 Å². The van der Waals surface area contributed by atoms with Gasteiger partial charge in [-0.3, -0.25) is 4.98 Å². The smallest absolute Gasteiger partial charge is 0.183 e. The maximum absolute atomic E-state index is 5.95. The summed E-state index contributed by atoms with van der Waals surface area (Å²) in [5.41, 5.74) is 2.33. The molecule has 0 fully saturated rings. The Morgan fingerprint density at radius 1 is 1.15 bits per heavy atom. The van der Waals surface area contributed by atoms with E-state index in [1.54, 1.807) is 29.9 Å². The third kappa shape index (κ3) is 2.86. The fourth-order valence-corrected chi connectivity index (χ4v) is 5.46. The Labute approximate surface area is 163 Å². The molecule has 1 N–H and O–H groups in total. The second kappa shape index (κ2) is 6.57. The standard InChI is InChI=1S/C18H14ClN5S2/c19-18-22-9-11(25-18)8-21-16-14-12-4-1-5-13(12)26-17(14)24-15(23-16)10-3-2-6-20-7-10/h2-3,6-7,9H,1,4-5,8H2,(H,21,23,24). The zero-order chi connectivity index (χ0) is 17.5. The number of pyridine rings is 1. The van der Waals surface area contributed by atoms with E-state index in [1.807, 2.05) is 12.1 Å². The maximum Gasteiger partial charge on any atom is 0.183 e. The Morgan fingerprint density at radius 2 is 2.12 bits per heavy atom. The molecular weight excluding hydrogens is 386 g/mol. The van der Waals surface area contributed by atoms with Gasteiger partial charge in [0.05, 0.1) is 11.9 Å². The first-order valence-corrected chi connectivity index (χ1v) is 10.4. The van der Waals surface area contributed by atoms with E-state index >= 15 is 0 Å². The molecule has 1 aliphatic rings. The molecule has 26 heavy (non-hydrogen) atoms. The summed E-state index contributed by atoms with van der Waals surface area (Å²) in [6.07, 6.45) is 8.82. The van der Waals surface area contributed by atoms with E-state index in [-0.39, 0.29) is 0 Å². The molecule has 8 heteroatoms. The second-order valence-electron chi connectivity index (χ2n) is 6.11. The van der Waals surface area contributed by atoms with Crippen LogP contribution in [0.15, 0.2) is 30.7 Å².